The van der Waals surface area contributed by atoms with E-state index in [2.05, 4.69) is 0 Å². The molecule has 0 atom stereocenters. The fraction of sp³-hybridized carbons (Fsp3) is 0.333. The molecule has 0 radical (unpaired) electrons. The molecule has 0 saturated heterocycles. The van der Waals surface area contributed by atoms with Gasteiger partial charge in [0, 0.05) is 12.1 Å². The Morgan fingerprint density at radius 1 is 0.949 bits per heavy atom. The summed E-state index contributed by atoms with van der Waals surface area (Å²) < 4.78 is 41.8. The van der Waals surface area contributed by atoms with E-state index in [4.69, 9.17) is 9.47 Å². The van der Waals surface area contributed by atoms with Crippen LogP contribution in [0, 0.1) is 6.92 Å². The number of hydrogen-bond acceptors (Lipinski definition) is 6. The molecule has 1 heterocycles. The van der Waals surface area contributed by atoms with Crippen LogP contribution in [0.15, 0.2) is 76.4 Å². The SMILES string of the molecule is CCOc1ccc2c(c1)n(C1CCCCC1)c(=O)n2S(=O)(=O)c1cccc(C(=O)OCc2ccccc2)c1C. The van der Waals surface area contributed by atoms with Gasteiger partial charge in [0.1, 0.15) is 12.4 Å². The molecule has 204 valence electrons. The monoisotopic (exact) mass is 548 g/mol. The van der Waals surface area contributed by atoms with E-state index in [0.717, 1.165) is 41.6 Å². The van der Waals surface area contributed by atoms with Crippen LogP contribution in [0.5, 0.6) is 5.75 Å². The molecule has 0 N–H and O–H groups in total. The van der Waals surface area contributed by atoms with E-state index in [1.165, 1.54) is 18.2 Å². The lowest BCUT2D eigenvalue weighted by Gasteiger charge is -2.23. The first-order chi connectivity index (χ1) is 18.8. The second kappa shape index (κ2) is 11.1. The van der Waals surface area contributed by atoms with Crippen LogP contribution < -0.4 is 10.4 Å². The second-order valence-corrected chi connectivity index (χ2v) is 11.5. The molecule has 39 heavy (non-hydrogen) atoms. The Bertz CT molecular complexity index is 1670. The fourth-order valence-electron chi connectivity index (χ4n) is 5.37. The first-order valence-corrected chi connectivity index (χ1v) is 14.7. The van der Waals surface area contributed by atoms with E-state index in [1.807, 2.05) is 37.3 Å². The summed E-state index contributed by atoms with van der Waals surface area (Å²) in [5.74, 6) is -0.0600. The van der Waals surface area contributed by atoms with E-state index < -0.39 is 21.7 Å². The Morgan fingerprint density at radius 2 is 1.69 bits per heavy atom. The summed E-state index contributed by atoms with van der Waals surface area (Å²) in [6.07, 6.45) is 4.67. The summed E-state index contributed by atoms with van der Waals surface area (Å²) in [5.41, 5.74) is 1.38. The maximum atomic E-state index is 14.1. The number of hydrogen-bond donors (Lipinski definition) is 0. The maximum Gasteiger partial charge on any atom is 0.343 e. The van der Waals surface area contributed by atoms with Gasteiger partial charge in [-0.25, -0.2) is 18.0 Å². The van der Waals surface area contributed by atoms with Gasteiger partial charge in [-0.05, 0) is 62.1 Å². The summed E-state index contributed by atoms with van der Waals surface area (Å²) in [4.78, 5) is 26.7. The van der Waals surface area contributed by atoms with Gasteiger partial charge in [0.2, 0.25) is 0 Å². The number of imidazole rings is 1. The lowest BCUT2D eigenvalue weighted by Crippen LogP contribution is -2.32. The van der Waals surface area contributed by atoms with Crippen molar-refractivity contribution in [3.05, 3.63) is 93.9 Å². The van der Waals surface area contributed by atoms with Gasteiger partial charge in [-0.15, -0.1) is 0 Å². The number of carbonyl (C=O) groups is 1. The first kappa shape index (κ1) is 26.7. The maximum absolute atomic E-state index is 14.1. The fourth-order valence-corrected chi connectivity index (χ4v) is 7.02. The van der Waals surface area contributed by atoms with Crippen molar-refractivity contribution in [1.82, 2.24) is 8.54 Å². The van der Waals surface area contributed by atoms with Crippen LogP contribution >= 0.6 is 0 Å². The summed E-state index contributed by atoms with van der Waals surface area (Å²) >= 11 is 0. The van der Waals surface area contributed by atoms with Crippen LogP contribution in [0.4, 0.5) is 0 Å². The Labute approximate surface area is 227 Å². The zero-order chi connectivity index (χ0) is 27.6. The molecule has 0 unspecified atom stereocenters. The molecular weight excluding hydrogens is 516 g/mol. The standard InChI is InChI=1S/C30H32N2O6S/c1-3-37-24-17-18-26-27(19-24)31(23-13-8-5-9-14-23)30(34)32(26)39(35,36)28-16-10-15-25(21(28)2)29(33)38-20-22-11-6-4-7-12-22/h4,6-7,10-12,15-19,23H,3,5,8-9,13-14,20H2,1-2H3. The van der Waals surface area contributed by atoms with Gasteiger partial charge in [0.25, 0.3) is 10.0 Å². The quantitative estimate of drug-likeness (QED) is 0.266. The molecule has 9 heteroatoms. The highest BCUT2D eigenvalue weighted by Crippen LogP contribution is 2.33. The number of ether oxygens (including phenoxy) is 2. The van der Waals surface area contributed by atoms with Crippen molar-refractivity contribution in [2.24, 2.45) is 0 Å². The van der Waals surface area contributed by atoms with Crippen LogP contribution in [-0.2, 0) is 21.4 Å². The molecule has 1 saturated carbocycles. The number of rotatable bonds is 8. The van der Waals surface area contributed by atoms with Gasteiger partial charge in [-0.1, -0.05) is 55.7 Å². The van der Waals surface area contributed by atoms with Crippen molar-refractivity contribution in [3.8, 4) is 5.75 Å². The molecule has 0 amide bonds. The number of esters is 1. The Balaban J connectivity index is 1.59. The molecular formula is C30H32N2O6S. The Morgan fingerprint density at radius 3 is 2.41 bits per heavy atom. The summed E-state index contributed by atoms with van der Waals surface area (Å²) in [5, 5.41) is 0. The minimum Gasteiger partial charge on any atom is -0.494 e. The Kier molecular flexibility index (Phi) is 7.61. The van der Waals surface area contributed by atoms with Gasteiger partial charge in [0.15, 0.2) is 0 Å². The van der Waals surface area contributed by atoms with Crippen molar-refractivity contribution in [2.45, 2.75) is 63.5 Å². The summed E-state index contributed by atoms with van der Waals surface area (Å²) in [7, 11) is -4.36. The minimum atomic E-state index is -4.36. The highest BCUT2D eigenvalue weighted by atomic mass is 32.2. The highest BCUT2D eigenvalue weighted by Gasteiger charge is 2.31. The minimum absolute atomic E-state index is 0.0621. The molecule has 1 aliphatic carbocycles. The van der Waals surface area contributed by atoms with Crippen molar-refractivity contribution in [3.63, 3.8) is 0 Å². The van der Waals surface area contributed by atoms with Crippen molar-refractivity contribution in [1.29, 1.82) is 0 Å². The molecule has 0 spiro atoms. The van der Waals surface area contributed by atoms with E-state index in [0.29, 0.717) is 17.9 Å². The number of nitrogens with zero attached hydrogens (tertiary/aromatic N) is 2. The third-order valence-corrected chi connectivity index (χ3v) is 9.12. The summed E-state index contributed by atoms with van der Waals surface area (Å²) in [6.45, 7) is 3.94. The smallest absolute Gasteiger partial charge is 0.343 e. The van der Waals surface area contributed by atoms with E-state index in [1.54, 1.807) is 29.7 Å². The first-order valence-electron chi connectivity index (χ1n) is 13.3. The number of carbonyl (C=O) groups excluding carboxylic acids is 1. The molecule has 1 aromatic heterocycles. The molecule has 5 rings (SSSR count). The third-order valence-electron chi connectivity index (χ3n) is 7.29. The topological polar surface area (TPSA) is 96.6 Å². The van der Waals surface area contributed by atoms with Crippen LogP contribution in [0.25, 0.3) is 11.0 Å². The van der Waals surface area contributed by atoms with Crippen molar-refractivity contribution < 1.29 is 22.7 Å². The second-order valence-electron chi connectivity index (χ2n) is 9.79. The average molecular weight is 549 g/mol. The van der Waals surface area contributed by atoms with Crippen LogP contribution in [-0.4, -0.2) is 29.5 Å². The van der Waals surface area contributed by atoms with E-state index >= 15 is 0 Å². The largest absolute Gasteiger partial charge is 0.494 e. The van der Waals surface area contributed by atoms with Gasteiger partial charge in [-0.3, -0.25) is 4.57 Å². The molecule has 0 aliphatic heterocycles. The number of aromatic nitrogens is 2. The van der Waals surface area contributed by atoms with Crippen LogP contribution in [0.1, 0.15) is 66.6 Å². The molecule has 1 aliphatic rings. The van der Waals surface area contributed by atoms with Gasteiger partial charge >= 0.3 is 11.7 Å². The molecule has 8 nitrogen and oxygen atoms in total. The normalized spacial score (nSPS) is 14.4. The predicted molar refractivity (Wildman–Crippen MR) is 149 cm³/mol. The van der Waals surface area contributed by atoms with Crippen LogP contribution in [0.2, 0.25) is 0 Å². The lowest BCUT2D eigenvalue weighted by atomic mass is 9.95. The van der Waals surface area contributed by atoms with Gasteiger partial charge in [-0.2, -0.15) is 3.97 Å². The van der Waals surface area contributed by atoms with Gasteiger partial charge in [0.05, 0.1) is 28.1 Å². The van der Waals surface area contributed by atoms with E-state index in [9.17, 15) is 18.0 Å². The number of fused-ring (bicyclic) bond motifs is 1. The van der Waals surface area contributed by atoms with Gasteiger partial charge < -0.3 is 9.47 Å². The Hall–Kier alpha value is -3.85. The highest BCUT2D eigenvalue weighted by molar-refractivity contribution is 7.90. The lowest BCUT2D eigenvalue weighted by molar-refractivity contribution is 0.0471. The zero-order valence-electron chi connectivity index (χ0n) is 22.1. The van der Waals surface area contributed by atoms with Crippen molar-refractivity contribution >= 4 is 27.0 Å². The summed E-state index contributed by atoms with van der Waals surface area (Å²) in [6, 6.07) is 18.6. The predicted octanol–water partition coefficient (Wildman–Crippen LogP) is 5.61. The molecule has 1 fully saturated rings. The zero-order valence-corrected chi connectivity index (χ0v) is 22.9. The molecule has 3 aromatic carbocycles. The third kappa shape index (κ3) is 5.11. The van der Waals surface area contributed by atoms with Crippen molar-refractivity contribution in [2.75, 3.05) is 6.61 Å². The van der Waals surface area contributed by atoms with E-state index in [-0.39, 0.29) is 34.2 Å². The number of benzene rings is 3. The molecule has 4 aromatic rings. The molecule has 0 bridgehead atoms. The van der Waals surface area contributed by atoms with Crippen LogP contribution in [0.3, 0.4) is 0 Å². The average Bonchev–Trinajstić information content (AvgIpc) is 3.24.